The number of likely N-dealkylation sites (N-methyl/N-ethyl adjacent to an activating group) is 1. The zero-order valence-corrected chi connectivity index (χ0v) is 10.2. The van der Waals surface area contributed by atoms with Gasteiger partial charge in [-0.25, -0.2) is 0 Å². The number of nitrogens with zero attached hydrogens (tertiary/aromatic N) is 1. The van der Waals surface area contributed by atoms with Crippen LogP contribution in [-0.4, -0.2) is 38.5 Å². The molecule has 0 bridgehead atoms. The molecule has 1 N–H and O–H groups in total. The normalized spacial score (nSPS) is 27.3. The molecule has 3 atom stereocenters. The monoisotopic (exact) mass is 226 g/mol. The van der Waals surface area contributed by atoms with Crippen LogP contribution in [-0.2, 0) is 9.47 Å². The molecule has 1 aliphatic rings. The highest BCUT2D eigenvalue weighted by atomic mass is 16.5. The van der Waals surface area contributed by atoms with Crippen molar-refractivity contribution in [2.75, 3.05) is 20.3 Å². The standard InChI is InChI=1S/C12H22N2O2/c1-3-14-10(8-13)9-16-12-6-4-5-11(7-12)15-2/h10-12,14H,3-7,9H2,1-2H3. The summed E-state index contributed by atoms with van der Waals surface area (Å²) in [4.78, 5) is 0. The van der Waals surface area contributed by atoms with Gasteiger partial charge in [0.2, 0.25) is 0 Å². The highest BCUT2D eigenvalue weighted by molar-refractivity contribution is 4.89. The van der Waals surface area contributed by atoms with Crippen molar-refractivity contribution in [1.82, 2.24) is 5.32 Å². The van der Waals surface area contributed by atoms with Crippen molar-refractivity contribution in [2.45, 2.75) is 50.9 Å². The topological polar surface area (TPSA) is 54.3 Å². The summed E-state index contributed by atoms with van der Waals surface area (Å²) in [6, 6.07) is 2.01. The molecule has 0 aliphatic heterocycles. The molecule has 0 aromatic heterocycles. The quantitative estimate of drug-likeness (QED) is 0.745. The van der Waals surface area contributed by atoms with E-state index < -0.39 is 0 Å². The number of nitriles is 1. The Morgan fingerprint density at radius 3 is 2.81 bits per heavy atom. The van der Waals surface area contributed by atoms with Crippen molar-refractivity contribution in [2.24, 2.45) is 0 Å². The van der Waals surface area contributed by atoms with Crippen LogP contribution in [0.3, 0.4) is 0 Å². The van der Waals surface area contributed by atoms with Crippen molar-refractivity contribution in [3.8, 4) is 6.07 Å². The first-order chi connectivity index (χ1) is 7.80. The molecule has 0 saturated heterocycles. The molecule has 1 rings (SSSR count). The van der Waals surface area contributed by atoms with Crippen molar-refractivity contribution in [3.63, 3.8) is 0 Å². The van der Waals surface area contributed by atoms with Crippen LogP contribution >= 0.6 is 0 Å². The highest BCUT2D eigenvalue weighted by Crippen LogP contribution is 2.22. The smallest absolute Gasteiger partial charge is 0.119 e. The van der Waals surface area contributed by atoms with E-state index in [1.54, 1.807) is 7.11 Å². The fraction of sp³-hybridized carbons (Fsp3) is 0.917. The Morgan fingerprint density at radius 2 is 2.19 bits per heavy atom. The summed E-state index contributed by atoms with van der Waals surface area (Å²) >= 11 is 0. The minimum atomic E-state index is -0.187. The lowest BCUT2D eigenvalue weighted by molar-refractivity contribution is -0.0319. The Morgan fingerprint density at radius 1 is 1.44 bits per heavy atom. The summed E-state index contributed by atoms with van der Waals surface area (Å²) in [5.74, 6) is 0. The minimum Gasteiger partial charge on any atom is -0.381 e. The van der Waals surface area contributed by atoms with Gasteiger partial charge in [0.05, 0.1) is 24.9 Å². The van der Waals surface area contributed by atoms with Gasteiger partial charge in [-0.05, 0) is 32.2 Å². The van der Waals surface area contributed by atoms with Crippen molar-refractivity contribution in [3.05, 3.63) is 0 Å². The molecule has 1 aliphatic carbocycles. The second-order valence-electron chi connectivity index (χ2n) is 4.22. The van der Waals surface area contributed by atoms with Crippen LogP contribution in [0.15, 0.2) is 0 Å². The predicted molar refractivity (Wildman–Crippen MR) is 62.1 cm³/mol. The Kier molecular flexibility index (Phi) is 6.39. The summed E-state index contributed by atoms with van der Waals surface area (Å²) in [6.07, 6.45) is 4.92. The highest BCUT2D eigenvalue weighted by Gasteiger charge is 2.22. The summed E-state index contributed by atoms with van der Waals surface area (Å²) in [5, 5.41) is 11.9. The molecule has 0 amide bonds. The third-order valence-corrected chi connectivity index (χ3v) is 3.02. The molecule has 92 valence electrons. The first-order valence-electron chi connectivity index (χ1n) is 6.07. The number of nitrogens with one attached hydrogen (secondary N) is 1. The molecule has 0 spiro atoms. The van der Waals surface area contributed by atoms with Crippen molar-refractivity contribution in [1.29, 1.82) is 5.26 Å². The number of ether oxygens (including phenoxy) is 2. The number of rotatable bonds is 6. The molecule has 1 fully saturated rings. The van der Waals surface area contributed by atoms with Gasteiger partial charge in [0.1, 0.15) is 6.04 Å². The second kappa shape index (κ2) is 7.61. The first-order valence-corrected chi connectivity index (χ1v) is 6.07. The lowest BCUT2D eigenvalue weighted by atomic mass is 9.95. The van der Waals surface area contributed by atoms with E-state index in [9.17, 15) is 0 Å². The molecule has 4 nitrogen and oxygen atoms in total. The molecule has 0 radical (unpaired) electrons. The van der Waals surface area contributed by atoms with E-state index in [0.717, 1.165) is 32.2 Å². The Hall–Kier alpha value is -0.630. The Balaban J connectivity index is 2.23. The Bertz CT molecular complexity index is 228. The summed E-state index contributed by atoms with van der Waals surface area (Å²) in [5.41, 5.74) is 0. The van der Waals surface area contributed by atoms with Crippen molar-refractivity contribution >= 4 is 0 Å². The van der Waals surface area contributed by atoms with Gasteiger partial charge in [-0.2, -0.15) is 5.26 Å². The van der Waals surface area contributed by atoms with Gasteiger partial charge in [0, 0.05) is 7.11 Å². The number of hydrogen-bond donors (Lipinski definition) is 1. The van der Waals surface area contributed by atoms with E-state index in [4.69, 9.17) is 14.7 Å². The van der Waals surface area contributed by atoms with Gasteiger partial charge >= 0.3 is 0 Å². The van der Waals surface area contributed by atoms with Crippen LogP contribution in [0.1, 0.15) is 32.6 Å². The number of hydrogen-bond acceptors (Lipinski definition) is 4. The van der Waals surface area contributed by atoms with E-state index in [1.165, 1.54) is 0 Å². The lowest BCUT2D eigenvalue weighted by Crippen LogP contribution is -2.35. The van der Waals surface area contributed by atoms with Gasteiger partial charge in [-0.15, -0.1) is 0 Å². The van der Waals surface area contributed by atoms with Crippen LogP contribution in [0.25, 0.3) is 0 Å². The molecular weight excluding hydrogens is 204 g/mol. The van der Waals surface area contributed by atoms with Gasteiger partial charge in [-0.1, -0.05) is 6.92 Å². The van der Waals surface area contributed by atoms with E-state index >= 15 is 0 Å². The largest absolute Gasteiger partial charge is 0.381 e. The summed E-state index contributed by atoms with van der Waals surface area (Å²) < 4.78 is 11.1. The van der Waals surface area contributed by atoms with Gasteiger partial charge < -0.3 is 14.8 Å². The van der Waals surface area contributed by atoms with Gasteiger partial charge in [0.15, 0.2) is 0 Å². The summed E-state index contributed by atoms with van der Waals surface area (Å²) in [7, 11) is 1.75. The first kappa shape index (κ1) is 13.4. The average Bonchev–Trinajstić information content (AvgIpc) is 2.34. The molecule has 0 aromatic rings. The van der Waals surface area contributed by atoms with Crippen LogP contribution in [0, 0.1) is 11.3 Å². The van der Waals surface area contributed by atoms with Crippen LogP contribution in [0.2, 0.25) is 0 Å². The average molecular weight is 226 g/mol. The fourth-order valence-corrected chi connectivity index (χ4v) is 2.09. The maximum atomic E-state index is 8.87. The third kappa shape index (κ3) is 4.48. The van der Waals surface area contributed by atoms with Crippen molar-refractivity contribution < 1.29 is 9.47 Å². The second-order valence-corrected chi connectivity index (χ2v) is 4.22. The van der Waals surface area contributed by atoms with Crippen LogP contribution < -0.4 is 5.32 Å². The predicted octanol–water partition coefficient (Wildman–Crippen LogP) is 1.46. The van der Waals surface area contributed by atoms with Gasteiger partial charge in [0.25, 0.3) is 0 Å². The molecule has 3 unspecified atom stereocenters. The van der Waals surface area contributed by atoms with E-state index in [2.05, 4.69) is 11.4 Å². The fourth-order valence-electron chi connectivity index (χ4n) is 2.09. The summed E-state index contributed by atoms with van der Waals surface area (Å²) in [6.45, 7) is 3.27. The molecular formula is C12H22N2O2. The maximum Gasteiger partial charge on any atom is 0.119 e. The SMILES string of the molecule is CCNC(C#N)COC1CCCC(OC)C1. The van der Waals surface area contributed by atoms with Crippen LogP contribution in [0.4, 0.5) is 0 Å². The van der Waals surface area contributed by atoms with E-state index in [1.807, 2.05) is 6.92 Å². The third-order valence-electron chi connectivity index (χ3n) is 3.02. The van der Waals surface area contributed by atoms with E-state index in [0.29, 0.717) is 12.7 Å². The zero-order valence-electron chi connectivity index (χ0n) is 10.2. The molecule has 4 heteroatoms. The van der Waals surface area contributed by atoms with Crippen LogP contribution in [0.5, 0.6) is 0 Å². The maximum absolute atomic E-state index is 8.87. The van der Waals surface area contributed by atoms with E-state index in [-0.39, 0.29) is 12.1 Å². The molecule has 1 saturated carbocycles. The zero-order chi connectivity index (χ0) is 11.8. The van der Waals surface area contributed by atoms with Gasteiger partial charge in [-0.3, -0.25) is 0 Å². The lowest BCUT2D eigenvalue weighted by Gasteiger charge is -2.28. The molecule has 16 heavy (non-hydrogen) atoms. The minimum absolute atomic E-state index is 0.187. The molecule has 0 heterocycles. The number of methoxy groups -OCH3 is 1. The molecule has 0 aromatic carbocycles. The Labute approximate surface area is 97.9 Å².